The third-order valence-electron chi connectivity index (χ3n) is 4.83. The van der Waals surface area contributed by atoms with E-state index in [1.165, 1.54) is 38.5 Å². The van der Waals surface area contributed by atoms with Crippen LogP contribution < -0.4 is 5.32 Å². The molecule has 0 fully saturated rings. The van der Waals surface area contributed by atoms with Gasteiger partial charge < -0.3 is 10.4 Å². The smallest absolute Gasteiger partial charge is 0.326 e. The molecule has 0 spiro atoms. The SMILES string of the molecule is CCCCCCCCC#CCCCCCCCC(=O)NC(CC(C)C)C(=O)O. The van der Waals surface area contributed by atoms with E-state index in [-0.39, 0.29) is 11.8 Å². The number of nitrogens with one attached hydrogen (secondary N) is 1. The van der Waals surface area contributed by atoms with Gasteiger partial charge in [0.1, 0.15) is 6.04 Å². The molecule has 0 heterocycles. The van der Waals surface area contributed by atoms with Gasteiger partial charge in [-0.25, -0.2) is 4.79 Å². The number of carboxylic acids is 1. The number of unbranched alkanes of at least 4 members (excludes halogenated alkanes) is 11. The summed E-state index contributed by atoms with van der Waals surface area (Å²) in [6.45, 7) is 6.16. The van der Waals surface area contributed by atoms with Gasteiger partial charge in [-0.3, -0.25) is 4.79 Å². The summed E-state index contributed by atoms with van der Waals surface area (Å²) in [5.41, 5.74) is 0. The van der Waals surface area contributed by atoms with Crippen LogP contribution in [0.4, 0.5) is 0 Å². The molecule has 0 aliphatic carbocycles. The van der Waals surface area contributed by atoms with Gasteiger partial charge in [-0.1, -0.05) is 72.1 Å². The molecule has 1 amide bonds. The molecule has 162 valence electrons. The molecule has 0 aromatic carbocycles. The highest BCUT2D eigenvalue weighted by Gasteiger charge is 2.20. The number of rotatable bonds is 17. The number of carboxylic acid groups (broad SMARTS) is 1. The van der Waals surface area contributed by atoms with Gasteiger partial charge in [-0.05, 0) is 31.6 Å². The molecule has 1 atom stereocenters. The molecule has 0 aromatic rings. The zero-order valence-corrected chi connectivity index (χ0v) is 18.5. The van der Waals surface area contributed by atoms with Gasteiger partial charge >= 0.3 is 5.97 Å². The molecular formula is C24H43NO3. The first-order valence-corrected chi connectivity index (χ1v) is 11.4. The quantitative estimate of drug-likeness (QED) is 0.232. The van der Waals surface area contributed by atoms with Crippen molar-refractivity contribution < 1.29 is 14.7 Å². The second kappa shape index (κ2) is 18.8. The van der Waals surface area contributed by atoms with Crippen molar-refractivity contribution in [1.82, 2.24) is 5.32 Å². The van der Waals surface area contributed by atoms with E-state index in [1.807, 2.05) is 13.8 Å². The Bertz CT molecular complexity index is 462. The Labute approximate surface area is 173 Å². The minimum Gasteiger partial charge on any atom is -0.480 e. The fourth-order valence-corrected chi connectivity index (χ4v) is 3.16. The van der Waals surface area contributed by atoms with E-state index in [4.69, 9.17) is 5.11 Å². The summed E-state index contributed by atoms with van der Waals surface area (Å²) in [6, 6.07) is -0.762. The third kappa shape index (κ3) is 17.9. The predicted octanol–water partition coefficient (Wildman–Crippen LogP) is 6.09. The molecule has 0 aromatic heterocycles. The number of amides is 1. The molecule has 0 rings (SSSR count). The van der Waals surface area contributed by atoms with Crippen LogP contribution in [0.3, 0.4) is 0 Å². The first-order chi connectivity index (χ1) is 13.5. The average Bonchev–Trinajstić information content (AvgIpc) is 2.64. The zero-order valence-electron chi connectivity index (χ0n) is 18.5. The van der Waals surface area contributed by atoms with Crippen LogP contribution in [0.15, 0.2) is 0 Å². The Kier molecular flexibility index (Phi) is 17.8. The van der Waals surface area contributed by atoms with Crippen molar-refractivity contribution in [1.29, 1.82) is 0 Å². The average molecular weight is 394 g/mol. The Morgan fingerprint density at radius 3 is 1.82 bits per heavy atom. The molecule has 2 N–H and O–H groups in total. The maximum atomic E-state index is 11.9. The number of hydrogen-bond acceptors (Lipinski definition) is 2. The van der Waals surface area contributed by atoms with Crippen molar-refractivity contribution in [3.63, 3.8) is 0 Å². The van der Waals surface area contributed by atoms with Crippen molar-refractivity contribution in [2.45, 2.75) is 123 Å². The normalized spacial score (nSPS) is 11.7. The Morgan fingerprint density at radius 2 is 1.32 bits per heavy atom. The molecule has 0 radical (unpaired) electrons. The summed E-state index contributed by atoms with van der Waals surface area (Å²) in [5, 5.41) is 11.8. The Hall–Kier alpha value is -1.50. The van der Waals surface area contributed by atoms with Crippen LogP contribution in [0.25, 0.3) is 0 Å². The zero-order chi connectivity index (χ0) is 21.0. The molecule has 4 nitrogen and oxygen atoms in total. The standard InChI is InChI=1S/C24H43NO3/c1-4-5-6-7-8-9-10-11-12-13-14-15-16-17-18-19-23(26)25-22(24(27)28)20-21(2)3/h21-22H,4-10,13-20H2,1-3H3,(H,25,26)(H,27,28). The molecule has 0 bridgehead atoms. The van der Waals surface area contributed by atoms with Gasteiger partial charge in [0.25, 0.3) is 0 Å². The van der Waals surface area contributed by atoms with E-state index >= 15 is 0 Å². The van der Waals surface area contributed by atoms with Crippen LogP contribution in [0.5, 0.6) is 0 Å². The highest BCUT2D eigenvalue weighted by atomic mass is 16.4. The van der Waals surface area contributed by atoms with Gasteiger partial charge in [0.15, 0.2) is 0 Å². The number of aliphatic carboxylic acids is 1. The lowest BCUT2D eigenvalue weighted by Crippen LogP contribution is -2.41. The summed E-state index contributed by atoms with van der Waals surface area (Å²) in [4.78, 5) is 23.0. The lowest BCUT2D eigenvalue weighted by molar-refractivity contribution is -0.142. The first-order valence-electron chi connectivity index (χ1n) is 11.4. The number of carbonyl (C=O) groups is 2. The first kappa shape index (κ1) is 26.5. The maximum absolute atomic E-state index is 11.9. The second-order valence-corrected chi connectivity index (χ2v) is 8.23. The lowest BCUT2D eigenvalue weighted by Gasteiger charge is -2.16. The maximum Gasteiger partial charge on any atom is 0.326 e. The fraction of sp³-hybridized carbons (Fsp3) is 0.833. The Morgan fingerprint density at radius 1 is 0.821 bits per heavy atom. The van der Waals surface area contributed by atoms with Crippen LogP contribution in [-0.4, -0.2) is 23.0 Å². The predicted molar refractivity (Wildman–Crippen MR) is 117 cm³/mol. The van der Waals surface area contributed by atoms with Crippen LogP contribution in [0, 0.1) is 17.8 Å². The van der Waals surface area contributed by atoms with Crippen LogP contribution in [-0.2, 0) is 9.59 Å². The molecule has 0 aliphatic rings. The Balaban J connectivity index is 3.53. The minimum absolute atomic E-state index is 0.145. The number of hydrogen-bond donors (Lipinski definition) is 2. The summed E-state index contributed by atoms with van der Waals surface area (Å²) < 4.78 is 0. The highest BCUT2D eigenvalue weighted by Crippen LogP contribution is 2.09. The summed E-state index contributed by atoms with van der Waals surface area (Å²) in [7, 11) is 0. The molecule has 0 saturated heterocycles. The van der Waals surface area contributed by atoms with Crippen molar-refractivity contribution in [2.24, 2.45) is 5.92 Å². The van der Waals surface area contributed by atoms with Crippen molar-refractivity contribution in [3.8, 4) is 11.8 Å². The largest absolute Gasteiger partial charge is 0.480 e. The molecule has 1 unspecified atom stereocenters. The van der Waals surface area contributed by atoms with Crippen molar-refractivity contribution in [3.05, 3.63) is 0 Å². The summed E-state index contributed by atoms with van der Waals surface area (Å²) in [6.07, 6.45) is 16.1. The summed E-state index contributed by atoms with van der Waals surface area (Å²) >= 11 is 0. The van der Waals surface area contributed by atoms with Gasteiger partial charge in [0.2, 0.25) is 5.91 Å². The molecule has 0 aliphatic heterocycles. The van der Waals surface area contributed by atoms with Gasteiger partial charge in [0, 0.05) is 19.3 Å². The van der Waals surface area contributed by atoms with E-state index < -0.39 is 12.0 Å². The van der Waals surface area contributed by atoms with E-state index in [9.17, 15) is 9.59 Å². The minimum atomic E-state index is -0.945. The van der Waals surface area contributed by atoms with Crippen LogP contribution in [0.2, 0.25) is 0 Å². The van der Waals surface area contributed by atoms with E-state index in [1.54, 1.807) is 0 Å². The second-order valence-electron chi connectivity index (χ2n) is 8.23. The van der Waals surface area contributed by atoms with Gasteiger partial charge in [0.05, 0.1) is 0 Å². The molecular weight excluding hydrogens is 350 g/mol. The van der Waals surface area contributed by atoms with Gasteiger partial charge in [-0.2, -0.15) is 0 Å². The van der Waals surface area contributed by atoms with E-state index in [2.05, 4.69) is 24.1 Å². The molecule has 0 saturated carbocycles. The highest BCUT2D eigenvalue weighted by molar-refractivity contribution is 5.83. The monoisotopic (exact) mass is 393 g/mol. The van der Waals surface area contributed by atoms with Crippen LogP contribution >= 0.6 is 0 Å². The van der Waals surface area contributed by atoms with E-state index in [0.29, 0.717) is 12.8 Å². The lowest BCUT2D eigenvalue weighted by atomic mass is 10.0. The van der Waals surface area contributed by atoms with Crippen LogP contribution in [0.1, 0.15) is 117 Å². The van der Waals surface area contributed by atoms with Crippen molar-refractivity contribution in [2.75, 3.05) is 0 Å². The van der Waals surface area contributed by atoms with E-state index in [0.717, 1.165) is 44.9 Å². The fourth-order valence-electron chi connectivity index (χ4n) is 3.16. The topological polar surface area (TPSA) is 66.4 Å². The molecule has 28 heavy (non-hydrogen) atoms. The third-order valence-corrected chi connectivity index (χ3v) is 4.83. The summed E-state index contributed by atoms with van der Waals surface area (Å²) in [5.74, 6) is 5.71. The molecule has 4 heteroatoms. The van der Waals surface area contributed by atoms with Crippen molar-refractivity contribution >= 4 is 11.9 Å². The number of carbonyl (C=O) groups excluding carboxylic acids is 1. The van der Waals surface area contributed by atoms with Gasteiger partial charge in [-0.15, -0.1) is 11.8 Å².